The molecule has 0 spiro atoms. The summed E-state index contributed by atoms with van der Waals surface area (Å²) in [6.07, 6.45) is 0. The third-order valence-electron chi connectivity index (χ3n) is 0. The third kappa shape index (κ3) is 567. The van der Waals surface area contributed by atoms with E-state index in [-0.39, 0.29) is 21.7 Å². The summed E-state index contributed by atoms with van der Waals surface area (Å²) < 4.78 is 103. The van der Waals surface area contributed by atoms with E-state index in [1.54, 1.807) is 0 Å². The standard InChI is InChI=1S/4IO3.Ti/c4*2-1(3)4;/q4*-1;+4. The fraction of sp³-hybridized carbons (Fsp3) is 0. The molecular formula is I4O12Ti. The van der Waals surface area contributed by atoms with Gasteiger partial charge in [-0.1, -0.05) is 0 Å². The first-order chi connectivity index (χ1) is 6.93. The van der Waals surface area contributed by atoms with Crippen LogP contribution in [0.25, 0.3) is 0 Å². The van der Waals surface area contributed by atoms with E-state index in [9.17, 15) is 0 Å². The molecule has 0 N–H and O–H groups in total. The number of halogens is 4. The zero-order valence-corrected chi connectivity index (χ0v) is 17.1. The van der Waals surface area contributed by atoms with Gasteiger partial charge in [-0.05, 0) is 0 Å². The molecule has 12 nitrogen and oxygen atoms in total. The topological polar surface area (TPSA) is 277 Å². The van der Waals surface area contributed by atoms with Crippen LogP contribution in [-0.2, 0) is 21.7 Å². The maximum Gasteiger partial charge on any atom is 4.00 e. The Morgan fingerprint density at radius 2 is 0.294 bits per heavy atom. The van der Waals surface area contributed by atoms with Crippen LogP contribution in [0.3, 0.4) is 0 Å². The maximum absolute atomic E-state index is 8.57. The summed E-state index contributed by atoms with van der Waals surface area (Å²) in [5, 5.41) is 0. The van der Waals surface area contributed by atoms with Crippen LogP contribution in [0.5, 0.6) is 0 Å². The first kappa shape index (κ1) is 32.2. The molecule has 0 amide bonds. The average Bonchev–Trinajstić information content (AvgIpc) is 1.76. The first-order valence-corrected chi connectivity index (χ1v) is 12.4. The van der Waals surface area contributed by atoms with Crippen LogP contribution in [0.1, 0.15) is 0 Å². The Labute approximate surface area is 145 Å². The normalized spacial score (nSPS) is 8.47. The molecule has 17 heavy (non-hydrogen) atoms. The van der Waals surface area contributed by atoms with E-state index in [1.807, 2.05) is 0 Å². The van der Waals surface area contributed by atoms with Gasteiger partial charge < -0.3 is 41.2 Å². The van der Waals surface area contributed by atoms with Gasteiger partial charge in [0.2, 0.25) is 0 Å². The van der Waals surface area contributed by atoms with Crippen molar-refractivity contribution >= 4 is 0 Å². The van der Waals surface area contributed by atoms with Gasteiger partial charge in [-0.15, -0.1) is 0 Å². The second-order valence-corrected chi connectivity index (χ2v) is 5.07. The van der Waals surface area contributed by atoms with Crippen LogP contribution >= 0.6 is 0 Å². The molecule has 0 heterocycles. The van der Waals surface area contributed by atoms with Crippen LogP contribution in [0.2, 0.25) is 0 Å². The predicted molar refractivity (Wildman–Crippen MR) is 0 cm³/mol. The molecule has 104 valence electrons. The van der Waals surface area contributed by atoms with E-state index in [4.69, 9.17) is 41.2 Å². The van der Waals surface area contributed by atoms with Crippen LogP contribution in [0.15, 0.2) is 0 Å². The minimum absolute atomic E-state index is 0. The van der Waals surface area contributed by atoms with Crippen LogP contribution in [-0.4, -0.2) is 0 Å². The van der Waals surface area contributed by atoms with Crippen molar-refractivity contribution in [3.05, 3.63) is 0 Å². The predicted octanol–water partition coefficient (Wildman–Crippen LogP) is -26.3. The van der Waals surface area contributed by atoms with Crippen molar-refractivity contribution in [3.63, 3.8) is 0 Å². The van der Waals surface area contributed by atoms with Gasteiger partial charge in [0.25, 0.3) is 84.3 Å². The number of hydrogen-bond acceptors (Lipinski definition) is 12. The van der Waals surface area contributed by atoms with E-state index in [2.05, 4.69) is 0 Å². The molecule has 0 saturated carbocycles. The zero-order chi connectivity index (χ0) is 14.3. The third-order valence-corrected chi connectivity index (χ3v) is 0. The molecule has 0 rings (SSSR count). The van der Waals surface area contributed by atoms with E-state index in [0.29, 0.717) is 0 Å². The molecule has 0 aliphatic rings. The van der Waals surface area contributed by atoms with Gasteiger partial charge >= 0.3 is 21.7 Å². The van der Waals surface area contributed by atoms with Crippen molar-refractivity contribution in [1.29, 1.82) is 0 Å². The van der Waals surface area contributed by atoms with Crippen molar-refractivity contribution in [1.82, 2.24) is 0 Å². The Balaban J connectivity index is -0.0000000369. The Kier molecular flexibility index (Phi) is 52.1. The maximum atomic E-state index is 8.57. The average molecular weight is 747 g/mol. The Hall–Kier alpha value is 3.15. The first-order valence-electron chi connectivity index (χ1n) is 1.85. The van der Waals surface area contributed by atoms with Gasteiger partial charge in [-0.2, -0.15) is 0 Å². The van der Waals surface area contributed by atoms with Gasteiger partial charge in [0.05, 0.1) is 0 Å². The summed E-state index contributed by atoms with van der Waals surface area (Å²) in [5.41, 5.74) is 0. The van der Waals surface area contributed by atoms with Crippen molar-refractivity contribution in [2.75, 3.05) is 0 Å². The number of hydrogen-bond donors (Lipinski definition) is 0. The largest absolute Gasteiger partial charge is 4.00 e. The second-order valence-electron chi connectivity index (χ2n) is 0.756. The molecule has 0 saturated heterocycles. The van der Waals surface area contributed by atoms with Gasteiger partial charge in [-0.25, -0.2) is 0 Å². The molecule has 0 fully saturated rings. The molecule has 0 aromatic rings. The summed E-state index contributed by atoms with van der Waals surface area (Å²) in [7, 11) is 0. The Morgan fingerprint density at radius 1 is 0.294 bits per heavy atom. The molecule has 17 heteroatoms. The van der Waals surface area contributed by atoms with E-state index < -0.39 is 84.3 Å². The summed E-state index contributed by atoms with van der Waals surface area (Å²) in [4.78, 5) is 0. The zero-order valence-electron chi connectivity index (χ0n) is 6.91. The van der Waals surface area contributed by atoms with E-state index in [1.165, 1.54) is 0 Å². The molecule has 0 atom stereocenters. The monoisotopic (exact) mass is 748 g/mol. The smallest absolute Gasteiger partial charge is 0.427 e. The molecule has 0 radical (unpaired) electrons. The van der Waals surface area contributed by atoms with Gasteiger partial charge in [0.1, 0.15) is 0 Å². The minimum atomic E-state index is -4.01. The van der Waals surface area contributed by atoms with E-state index in [0.717, 1.165) is 0 Å². The fourth-order valence-corrected chi connectivity index (χ4v) is 0. The summed E-state index contributed by atoms with van der Waals surface area (Å²) in [6.45, 7) is 0. The second kappa shape index (κ2) is 27.5. The van der Waals surface area contributed by atoms with Gasteiger partial charge in [-0.3, -0.25) is 0 Å². The van der Waals surface area contributed by atoms with E-state index >= 15 is 0 Å². The summed E-state index contributed by atoms with van der Waals surface area (Å²) >= 11 is -16.1. The Bertz CT molecular complexity index is 61.5. The van der Waals surface area contributed by atoms with Gasteiger partial charge in [0, 0.05) is 0 Å². The van der Waals surface area contributed by atoms with Crippen molar-refractivity contribution in [2.24, 2.45) is 0 Å². The van der Waals surface area contributed by atoms with Gasteiger partial charge in [0.15, 0.2) is 0 Å². The molecule has 0 aliphatic heterocycles. The Morgan fingerprint density at radius 3 is 0.294 bits per heavy atom. The van der Waals surface area contributed by atoms with Crippen molar-refractivity contribution < 1.29 is 147 Å². The minimum Gasteiger partial charge on any atom is -0.427 e. The molecule has 0 aliphatic carbocycles. The number of rotatable bonds is 0. The molecule has 0 unspecified atom stereocenters. The molecule has 0 aromatic heterocycles. The summed E-state index contributed by atoms with van der Waals surface area (Å²) in [6, 6.07) is 0. The van der Waals surface area contributed by atoms with Crippen LogP contribution < -0.4 is 125 Å². The van der Waals surface area contributed by atoms with Crippen LogP contribution in [0, 0.1) is 0 Å². The van der Waals surface area contributed by atoms with Crippen molar-refractivity contribution in [2.45, 2.75) is 0 Å². The summed E-state index contributed by atoms with van der Waals surface area (Å²) in [5.74, 6) is 0. The van der Waals surface area contributed by atoms with Crippen molar-refractivity contribution in [3.8, 4) is 0 Å². The molecule has 0 bridgehead atoms. The SMILES string of the molecule is [O-][I+2]([O-])[O-].[O-][I+2]([O-])[O-].[O-][I+2]([O-])[O-].[O-][I+2]([O-])[O-].[Ti+4]. The fourth-order valence-electron chi connectivity index (χ4n) is 0. The molecule has 0 aromatic carbocycles. The van der Waals surface area contributed by atoms with Crippen LogP contribution in [0.4, 0.5) is 0 Å². The molecular weight excluding hydrogens is 747 g/mol. The quantitative estimate of drug-likeness (QED) is 0.165.